The van der Waals surface area contributed by atoms with Gasteiger partial charge in [0.25, 0.3) is 5.91 Å². The summed E-state index contributed by atoms with van der Waals surface area (Å²) in [6.07, 6.45) is 2.39. The Morgan fingerprint density at radius 3 is 2.86 bits per heavy atom. The maximum absolute atomic E-state index is 12.8. The number of pyridine rings is 1. The van der Waals surface area contributed by atoms with Gasteiger partial charge in [0.15, 0.2) is 11.5 Å². The van der Waals surface area contributed by atoms with Crippen molar-refractivity contribution >= 4 is 23.0 Å². The Morgan fingerprint density at radius 2 is 2.00 bits per heavy atom. The van der Waals surface area contributed by atoms with E-state index in [4.69, 9.17) is 9.47 Å². The van der Waals surface area contributed by atoms with Gasteiger partial charge in [-0.2, -0.15) is 5.10 Å². The van der Waals surface area contributed by atoms with Crippen molar-refractivity contribution in [2.45, 2.75) is 20.3 Å². The maximum Gasteiger partial charge on any atom is 0.272 e. The Bertz CT molecular complexity index is 1060. The number of benzene rings is 2. The third-order valence-electron chi connectivity index (χ3n) is 4.41. The van der Waals surface area contributed by atoms with E-state index < -0.39 is 0 Å². The molecule has 0 bridgehead atoms. The highest BCUT2D eigenvalue weighted by atomic mass is 16.7. The number of carbonyl (C=O) groups is 1. The van der Waals surface area contributed by atoms with E-state index in [0.717, 1.165) is 28.6 Å². The van der Waals surface area contributed by atoms with Crippen LogP contribution in [0.1, 0.15) is 35.5 Å². The number of ether oxygens (including phenoxy) is 2. The molecular weight excluding hydrogens is 354 g/mol. The molecule has 0 unspecified atom stereocenters. The average molecular weight is 375 g/mol. The fourth-order valence-corrected chi connectivity index (χ4v) is 3.16. The second-order valence-electron chi connectivity index (χ2n) is 7.09. The van der Waals surface area contributed by atoms with E-state index in [1.165, 1.54) is 0 Å². The van der Waals surface area contributed by atoms with Crippen LogP contribution < -0.4 is 14.9 Å². The second-order valence-corrected chi connectivity index (χ2v) is 7.09. The molecule has 1 N–H and O–H groups in total. The van der Waals surface area contributed by atoms with Gasteiger partial charge in [-0.1, -0.05) is 32.0 Å². The zero-order valence-corrected chi connectivity index (χ0v) is 15.8. The molecule has 0 atom stereocenters. The molecule has 0 aliphatic carbocycles. The number of hydrazone groups is 1. The van der Waals surface area contributed by atoms with Crippen LogP contribution in [-0.2, 0) is 6.42 Å². The Kier molecular flexibility index (Phi) is 4.93. The smallest absolute Gasteiger partial charge is 0.272 e. The minimum absolute atomic E-state index is 0.223. The standard InChI is InChI=1S/C22H21N3O3/c1-14(2)9-16-11-18(17-5-3-4-6-19(17)24-16)22(26)25-23-12-15-7-8-20-21(10-15)28-13-27-20/h3-8,10-12,14H,9,13H2,1-2H3,(H,25,26). The van der Waals surface area contributed by atoms with E-state index in [1.807, 2.05) is 48.5 Å². The molecule has 1 aliphatic heterocycles. The van der Waals surface area contributed by atoms with Crippen LogP contribution in [0, 0.1) is 5.92 Å². The predicted molar refractivity (Wildman–Crippen MR) is 108 cm³/mol. The molecule has 1 aromatic heterocycles. The number of fused-ring (bicyclic) bond motifs is 2. The van der Waals surface area contributed by atoms with Gasteiger partial charge in [0.1, 0.15) is 0 Å². The van der Waals surface area contributed by atoms with Crippen LogP contribution >= 0.6 is 0 Å². The van der Waals surface area contributed by atoms with Gasteiger partial charge in [-0.3, -0.25) is 9.78 Å². The Balaban J connectivity index is 1.56. The molecule has 28 heavy (non-hydrogen) atoms. The lowest BCUT2D eigenvalue weighted by Gasteiger charge is -2.10. The molecule has 2 aromatic carbocycles. The molecule has 142 valence electrons. The van der Waals surface area contributed by atoms with Crippen LogP contribution in [0.25, 0.3) is 10.9 Å². The number of carbonyl (C=O) groups excluding carboxylic acids is 1. The Morgan fingerprint density at radius 1 is 1.18 bits per heavy atom. The van der Waals surface area contributed by atoms with Gasteiger partial charge >= 0.3 is 0 Å². The molecule has 0 saturated heterocycles. The first-order chi connectivity index (χ1) is 13.6. The van der Waals surface area contributed by atoms with E-state index in [2.05, 4.69) is 29.4 Å². The summed E-state index contributed by atoms with van der Waals surface area (Å²) in [4.78, 5) is 17.5. The Labute approximate surface area is 163 Å². The molecule has 4 rings (SSSR count). The van der Waals surface area contributed by atoms with Gasteiger partial charge in [0.2, 0.25) is 6.79 Å². The SMILES string of the molecule is CC(C)Cc1cc(C(=O)NN=Cc2ccc3c(c2)OCO3)c2ccccc2n1. The van der Waals surface area contributed by atoms with E-state index in [9.17, 15) is 4.79 Å². The third kappa shape index (κ3) is 3.81. The van der Waals surface area contributed by atoms with Crippen LogP contribution in [0.5, 0.6) is 11.5 Å². The minimum atomic E-state index is -0.263. The molecule has 1 amide bonds. The van der Waals surface area contributed by atoms with Crippen molar-refractivity contribution in [1.82, 2.24) is 10.4 Å². The summed E-state index contributed by atoms with van der Waals surface area (Å²) in [6, 6.07) is 15.0. The van der Waals surface area contributed by atoms with Gasteiger partial charge in [-0.15, -0.1) is 0 Å². The highest BCUT2D eigenvalue weighted by Gasteiger charge is 2.14. The van der Waals surface area contributed by atoms with E-state index in [-0.39, 0.29) is 12.7 Å². The third-order valence-corrected chi connectivity index (χ3v) is 4.41. The summed E-state index contributed by atoms with van der Waals surface area (Å²) in [6.45, 7) is 4.49. The van der Waals surface area contributed by atoms with Gasteiger partial charge in [-0.25, -0.2) is 5.43 Å². The maximum atomic E-state index is 12.8. The first kappa shape index (κ1) is 18.0. The quantitative estimate of drug-likeness (QED) is 0.542. The molecule has 0 spiro atoms. The minimum Gasteiger partial charge on any atom is -0.454 e. The van der Waals surface area contributed by atoms with Gasteiger partial charge in [0, 0.05) is 11.1 Å². The molecule has 0 radical (unpaired) electrons. The van der Waals surface area contributed by atoms with Crippen molar-refractivity contribution in [3.05, 3.63) is 65.4 Å². The lowest BCUT2D eigenvalue weighted by Crippen LogP contribution is -2.19. The van der Waals surface area contributed by atoms with Crippen molar-refractivity contribution in [3.8, 4) is 11.5 Å². The van der Waals surface area contributed by atoms with Crippen molar-refractivity contribution in [2.24, 2.45) is 11.0 Å². The molecule has 0 saturated carbocycles. The molecule has 0 fully saturated rings. The van der Waals surface area contributed by atoms with Crippen LogP contribution in [0.3, 0.4) is 0 Å². The molecular formula is C22H21N3O3. The lowest BCUT2D eigenvalue weighted by atomic mass is 10.0. The Hall–Kier alpha value is -3.41. The average Bonchev–Trinajstić information content (AvgIpc) is 3.14. The van der Waals surface area contributed by atoms with Crippen LogP contribution in [-0.4, -0.2) is 23.9 Å². The lowest BCUT2D eigenvalue weighted by molar-refractivity contribution is 0.0956. The first-order valence-electron chi connectivity index (χ1n) is 9.22. The van der Waals surface area contributed by atoms with Gasteiger partial charge in [0.05, 0.1) is 17.3 Å². The number of nitrogens with zero attached hydrogens (tertiary/aromatic N) is 2. The zero-order chi connectivity index (χ0) is 19.5. The monoisotopic (exact) mass is 375 g/mol. The number of rotatable bonds is 5. The second kappa shape index (κ2) is 7.68. The molecule has 1 aliphatic rings. The number of aromatic nitrogens is 1. The number of para-hydroxylation sites is 1. The molecule has 6 nitrogen and oxygen atoms in total. The fourth-order valence-electron chi connectivity index (χ4n) is 3.16. The van der Waals surface area contributed by atoms with Gasteiger partial charge < -0.3 is 9.47 Å². The fraction of sp³-hybridized carbons (Fsp3) is 0.227. The number of hydrogen-bond acceptors (Lipinski definition) is 5. The van der Waals surface area contributed by atoms with Crippen LogP contribution in [0.15, 0.2) is 53.6 Å². The summed E-state index contributed by atoms with van der Waals surface area (Å²) in [5, 5.41) is 4.91. The van der Waals surface area contributed by atoms with Crippen LogP contribution in [0.2, 0.25) is 0 Å². The molecule has 3 aromatic rings. The normalized spacial score (nSPS) is 12.8. The van der Waals surface area contributed by atoms with E-state index in [1.54, 1.807) is 6.21 Å². The summed E-state index contributed by atoms with van der Waals surface area (Å²) in [5.41, 5.74) is 5.71. The van der Waals surface area contributed by atoms with E-state index in [0.29, 0.717) is 23.0 Å². The van der Waals surface area contributed by atoms with Crippen molar-refractivity contribution < 1.29 is 14.3 Å². The molecule has 2 heterocycles. The number of nitrogens with one attached hydrogen (secondary N) is 1. The number of amides is 1. The largest absolute Gasteiger partial charge is 0.454 e. The number of hydrogen-bond donors (Lipinski definition) is 1. The molecule has 6 heteroatoms. The topological polar surface area (TPSA) is 72.8 Å². The van der Waals surface area contributed by atoms with Crippen molar-refractivity contribution in [3.63, 3.8) is 0 Å². The summed E-state index contributed by atoms with van der Waals surface area (Å²) < 4.78 is 10.6. The van der Waals surface area contributed by atoms with Crippen molar-refractivity contribution in [2.75, 3.05) is 6.79 Å². The van der Waals surface area contributed by atoms with Crippen LogP contribution in [0.4, 0.5) is 0 Å². The zero-order valence-electron chi connectivity index (χ0n) is 15.8. The van der Waals surface area contributed by atoms with Crippen molar-refractivity contribution in [1.29, 1.82) is 0 Å². The summed E-state index contributed by atoms with van der Waals surface area (Å²) in [7, 11) is 0. The summed E-state index contributed by atoms with van der Waals surface area (Å²) >= 11 is 0. The van der Waals surface area contributed by atoms with E-state index >= 15 is 0 Å². The first-order valence-corrected chi connectivity index (χ1v) is 9.22. The van der Waals surface area contributed by atoms with Gasteiger partial charge in [-0.05, 0) is 48.2 Å². The summed E-state index contributed by atoms with van der Waals surface area (Å²) in [5.74, 6) is 1.57. The highest BCUT2D eigenvalue weighted by molar-refractivity contribution is 6.06. The highest BCUT2D eigenvalue weighted by Crippen LogP contribution is 2.32. The predicted octanol–water partition coefficient (Wildman–Crippen LogP) is 3.93.